The smallest absolute Gasteiger partial charge is 0.325 e. The Kier molecular flexibility index (Phi) is 6.08. The van der Waals surface area contributed by atoms with E-state index in [1.165, 1.54) is 18.7 Å². The number of ether oxygens (including phenoxy) is 1. The van der Waals surface area contributed by atoms with Gasteiger partial charge in [0.15, 0.2) is 0 Å². The van der Waals surface area contributed by atoms with Crippen molar-refractivity contribution in [2.24, 2.45) is 0 Å². The van der Waals surface area contributed by atoms with Gasteiger partial charge in [-0.05, 0) is 41.6 Å². The van der Waals surface area contributed by atoms with Gasteiger partial charge < -0.3 is 4.74 Å². The number of hydrogen-bond acceptors (Lipinski definition) is 5. The van der Waals surface area contributed by atoms with Crippen LogP contribution in [0.5, 0.6) is 5.75 Å². The van der Waals surface area contributed by atoms with Crippen LogP contribution in [0.2, 0.25) is 0 Å². The molecule has 1 aromatic heterocycles. The Hall–Kier alpha value is -3.13. The van der Waals surface area contributed by atoms with E-state index in [1.807, 2.05) is 54.8 Å². The minimum atomic E-state index is -0.645. The summed E-state index contributed by atoms with van der Waals surface area (Å²) in [4.78, 5) is 30.5. The summed E-state index contributed by atoms with van der Waals surface area (Å²) in [7, 11) is 0. The Balaban J connectivity index is 2.00. The first-order chi connectivity index (χ1) is 15.1. The predicted molar refractivity (Wildman–Crippen MR) is 120 cm³/mol. The third kappa shape index (κ3) is 3.83. The highest BCUT2D eigenvalue weighted by molar-refractivity contribution is 7.98. The summed E-state index contributed by atoms with van der Waals surface area (Å²) in [6.45, 7) is 4.21. The van der Waals surface area contributed by atoms with Crippen molar-refractivity contribution in [2.75, 3.05) is 17.8 Å². The maximum atomic E-state index is 13.1. The average Bonchev–Trinajstić information content (AvgIpc) is 2.78. The molecular formula is C23H25N4O3S+. The molecule has 1 amide bonds. The van der Waals surface area contributed by atoms with Crippen LogP contribution in [0.1, 0.15) is 38.4 Å². The van der Waals surface area contributed by atoms with Crippen molar-refractivity contribution >= 4 is 23.4 Å². The predicted octanol–water partition coefficient (Wildman–Crippen LogP) is 3.54. The number of benzene rings is 2. The number of thioether (sulfide) groups is 1. The Labute approximate surface area is 185 Å². The van der Waals surface area contributed by atoms with E-state index in [0.29, 0.717) is 34.5 Å². The molecule has 0 saturated heterocycles. The monoisotopic (exact) mass is 437 g/mol. The van der Waals surface area contributed by atoms with Crippen molar-refractivity contribution in [2.45, 2.75) is 38.0 Å². The van der Waals surface area contributed by atoms with E-state index in [4.69, 9.17) is 9.84 Å². The Morgan fingerprint density at radius 1 is 1.23 bits per heavy atom. The number of nitrogens with one attached hydrogen (secondary N) is 1. The molecule has 1 N–H and O–H groups in total. The lowest BCUT2D eigenvalue weighted by Gasteiger charge is -2.31. The van der Waals surface area contributed by atoms with Gasteiger partial charge in [0.1, 0.15) is 5.75 Å². The number of hydrogen-bond donors (Lipinski definition) is 1. The molecule has 0 fully saturated rings. The molecular weight excluding hydrogens is 412 g/mol. The van der Waals surface area contributed by atoms with Crippen LogP contribution >= 0.6 is 11.8 Å². The molecule has 4 rings (SSSR count). The molecule has 1 aliphatic rings. The summed E-state index contributed by atoms with van der Waals surface area (Å²) in [5, 5.41) is 5.17. The van der Waals surface area contributed by atoms with E-state index in [0.717, 1.165) is 18.4 Å². The zero-order valence-electron chi connectivity index (χ0n) is 17.8. The van der Waals surface area contributed by atoms with Gasteiger partial charge in [0, 0.05) is 12.0 Å². The number of carbonyl (C=O) groups excluding carboxylic acids is 1. The second-order valence-corrected chi connectivity index (χ2v) is 8.07. The number of nitrogens with zero attached hydrogens (tertiary/aromatic N) is 3. The van der Waals surface area contributed by atoms with Gasteiger partial charge in [-0.25, -0.2) is 4.90 Å². The Bertz CT molecular complexity index is 1180. The first-order valence-corrected chi connectivity index (χ1v) is 11.5. The molecule has 0 radical (unpaired) electrons. The van der Waals surface area contributed by atoms with Crippen LogP contribution in [0, 0.1) is 0 Å². The van der Waals surface area contributed by atoms with Crippen molar-refractivity contribution in [3.05, 3.63) is 64.4 Å². The lowest BCUT2D eigenvalue weighted by Crippen LogP contribution is -2.60. The maximum Gasteiger partial charge on any atom is 0.325 e. The van der Waals surface area contributed by atoms with Crippen molar-refractivity contribution in [3.63, 3.8) is 0 Å². The minimum Gasteiger partial charge on any atom is -0.493 e. The number of unbranched alkanes of at least 4 members (excludes halogenated alkanes) is 1. The summed E-state index contributed by atoms with van der Waals surface area (Å²) in [5.41, 5.74) is 2.29. The van der Waals surface area contributed by atoms with Gasteiger partial charge in [-0.15, -0.1) is 0 Å². The summed E-state index contributed by atoms with van der Waals surface area (Å²) in [6, 6.07) is 15.0. The molecule has 1 aliphatic heterocycles. The second-order valence-electron chi connectivity index (χ2n) is 7.28. The molecule has 1 atom stereocenters. The van der Waals surface area contributed by atoms with Crippen molar-refractivity contribution < 1.29 is 14.2 Å². The summed E-state index contributed by atoms with van der Waals surface area (Å²) >= 11 is 1.34. The fourth-order valence-electron chi connectivity index (χ4n) is 3.84. The molecule has 31 heavy (non-hydrogen) atoms. The molecule has 3 aromatic rings. The largest absolute Gasteiger partial charge is 0.493 e. The van der Waals surface area contributed by atoms with Gasteiger partial charge >= 0.3 is 11.3 Å². The normalized spacial score (nSPS) is 14.7. The zero-order valence-corrected chi connectivity index (χ0v) is 18.6. The van der Waals surface area contributed by atoms with E-state index < -0.39 is 6.17 Å². The van der Waals surface area contributed by atoms with Crippen LogP contribution in [0.4, 0.5) is 5.69 Å². The minimum absolute atomic E-state index is 0.147. The fourth-order valence-corrected chi connectivity index (χ4v) is 4.20. The highest BCUT2D eigenvalue weighted by atomic mass is 32.2. The van der Waals surface area contributed by atoms with E-state index in [2.05, 4.69) is 11.9 Å². The number of para-hydroxylation sites is 2. The summed E-state index contributed by atoms with van der Waals surface area (Å²) in [6.07, 6.45) is 3.15. The molecule has 7 nitrogen and oxygen atoms in total. The van der Waals surface area contributed by atoms with E-state index in [1.54, 1.807) is 9.58 Å². The maximum absolute atomic E-state index is 13.1. The van der Waals surface area contributed by atoms with Crippen LogP contribution in [0.25, 0.3) is 11.3 Å². The molecule has 0 saturated carbocycles. The first-order valence-electron chi connectivity index (χ1n) is 10.3. The second kappa shape index (κ2) is 8.93. The van der Waals surface area contributed by atoms with Gasteiger partial charge in [-0.1, -0.05) is 49.4 Å². The SMILES string of the molecule is CCCCOc1ccccc1[C@H]1N(C(C)=O)c2ccccc2-c2c(=O)[nH]c(SC)n[n+]21. The lowest BCUT2D eigenvalue weighted by molar-refractivity contribution is -0.763. The number of aromatic nitrogens is 3. The molecule has 2 heterocycles. The standard InChI is InChI=1S/C23H24N4O3S/c1-4-5-14-30-19-13-9-7-11-17(19)22-26(15(2)28)18-12-8-6-10-16(18)20-21(29)24-23(31-3)25-27(20)22/h6-13,22H,4-5,14H2,1-3H3/p+1/t22-/m0/s1. The van der Waals surface area contributed by atoms with Gasteiger partial charge in [-0.2, -0.15) is 0 Å². The number of aromatic amines is 1. The third-order valence-electron chi connectivity index (χ3n) is 5.24. The van der Waals surface area contributed by atoms with E-state index >= 15 is 0 Å². The van der Waals surface area contributed by atoms with Crippen molar-refractivity contribution in [3.8, 4) is 17.0 Å². The number of rotatable bonds is 6. The Morgan fingerprint density at radius 2 is 1.97 bits per heavy atom. The molecule has 160 valence electrons. The van der Waals surface area contributed by atoms with Gasteiger partial charge in [0.05, 0.1) is 23.4 Å². The van der Waals surface area contributed by atoms with Crippen LogP contribution < -0.4 is 19.9 Å². The highest BCUT2D eigenvalue weighted by Gasteiger charge is 2.45. The number of fused-ring (bicyclic) bond motifs is 3. The van der Waals surface area contributed by atoms with Crippen LogP contribution in [-0.4, -0.2) is 28.9 Å². The highest BCUT2D eigenvalue weighted by Crippen LogP contribution is 2.39. The zero-order chi connectivity index (χ0) is 22.0. The number of carbonyl (C=O) groups is 1. The number of anilines is 1. The van der Waals surface area contributed by atoms with Crippen LogP contribution in [-0.2, 0) is 4.79 Å². The quantitative estimate of drug-likeness (QED) is 0.363. The topological polar surface area (TPSA) is 79.2 Å². The first kappa shape index (κ1) is 21.1. The van der Waals surface area contributed by atoms with Crippen molar-refractivity contribution in [1.82, 2.24) is 10.1 Å². The van der Waals surface area contributed by atoms with Crippen molar-refractivity contribution in [1.29, 1.82) is 0 Å². The number of amides is 1. The van der Waals surface area contributed by atoms with Gasteiger partial charge in [0.2, 0.25) is 11.1 Å². The van der Waals surface area contributed by atoms with Gasteiger partial charge in [0.25, 0.3) is 6.17 Å². The average molecular weight is 438 g/mol. The molecule has 0 aliphatic carbocycles. The third-order valence-corrected chi connectivity index (χ3v) is 5.81. The van der Waals surface area contributed by atoms with Gasteiger partial charge in [-0.3, -0.25) is 14.6 Å². The molecule has 0 spiro atoms. The molecule has 8 heteroatoms. The molecule has 0 bridgehead atoms. The summed E-state index contributed by atoms with van der Waals surface area (Å²) in [5.74, 6) is 0.532. The molecule has 0 unspecified atom stereocenters. The number of H-pyrrole nitrogens is 1. The Morgan fingerprint density at radius 3 is 2.71 bits per heavy atom. The lowest BCUT2D eigenvalue weighted by atomic mass is 10.0. The van der Waals surface area contributed by atoms with E-state index in [-0.39, 0.29) is 11.5 Å². The van der Waals surface area contributed by atoms with Crippen LogP contribution in [0.15, 0.2) is 58.5 Å². The van der Waals surface area contributed by atoms with E-state index in [9.17, 15) is 9.59 Å². The summed E-state index contributed by atoms with van der Waals surface area (Å²) < 4.78 is 7.73. The van der Waals surface area contributed by atoms with Crippen LogP contribution in [0.3, 0.4) is 0 Å². The fraction of sp³-hybridized carbons (Fsp3) is 0.304. The molecule has 2 aromatic carbocycles.